The second-order valence-corrected chi connectivity index (χ2v) is 25.1. The molecule has 8 bridgehead atoms. The van der Waals surface area contributed by atoms with E-state index in [0.29, 0.717) is 47.3 Å². The molecule has 0 spiro atoms. The van der Waals surface area contributed by atoms with E-state index in [0.717, 1.165) is 70.3 Å². The van der Waals surface area contributed by atoms with Crippen molar-refractivity contribution in [2.75, 3.05) is 0 Å². The van der Waals surface area contributed by atoms with Crippen LogP contribution < -0.4 is 0 Å². The van der Waals surface area contributed by atoms with E-state index in [1.54, 1.807) is 0 Å². The number of nitrogens with zero attached hydrogens (tertiary/aromatic N) is 6. The summed E-state index contributed by atoms with van der Waals surface area (Å²) in [7, 11) is 0. The van der Waals surface area contributed by atoms with Gasteiger partial charge in [-0.2, -0.15) is 10.5 Å². The Hall–Kier alpha value is -7.64. The van der Waals surface area contributed by atoms with Gasteiger partial charge in [-0.25, -0.2) is 9.69 Å². The third kappa shape index (κ3) is 3.99. The third-order valence-electron chi connectivity index (χ3n) is 22.8. The van der Waals surface area contributed by atoms with Crippen molar-refractivity contribution >= 4 is 120 Å². The predicted octanol–water partition coefficient (Wildman–Crippen LogP) is 18.7. The zero-order valence-corrected chi connectivity index (χ0v) is 41.2. The summed E-state index contributed by atoms with van der Waals surface area (Å²) in [4.78, 5) is 8.79. The molecule has 8 aromatic carbocycles. The molecular formula is C68H48N6. The Labute approximate surface area is 426 Å². The number of nitriles is 2. The smallest absolute Gasteiger partial charge is 0.193 e. The number of hydrogen-bond donors (Lipinski definition) is 0. The van der Waals surface area contributed by atoms with Crippen LogP contribution in [0.1, 0.15) is 206 Å². The predicted molar refractivity (Wildman–Crippen MR) is 297 cm³/mol. The van der Waals surface area contributed by atoms with Crippen LogP contribution in [0.5, 0.6) is 0 Å². The van der Waals surface area contributed by atoms with Crippen molar-refractivity contribution in [3.8, 4) is 12.1 Å². The van der Waals surface area contributed by atoms with Crippen LogP contribution in [-0.4, -0.2) is 8.80 Å². The first kappa shape index (κ1) is 38.9. The summed E-state index contributed by atoms with van der Waals surface area (Å²) < 4.78 is 5.13. The fourth-order valence-electron chi connectivity index (χ4n) is 20.3. The molecule has 0 atom stereocenters. The van der Waals surface area contributed by atoms with Crippen molar-refractivity contribution in [2.45, 2.75) is 150 Å². The molecule has 4 fully saturated rings. The molecule has 350 valence electrons. The Morgan fingerprint density at radius 3 is 0.878 bits per heavy atom. The van der Waals surface area contributed by atoms with E-state index >= 15 is 0 Å². The van der Waals surface area contributed by atoms with Crippen molar-refractivity contribution in [1.82, 2.24) is 8.80 Å². The van der Waals surface area contributed by atoms with Crippen LogP contribution in [0.2, 0.25) is 0 Å². The van der Waals surface area contributed by atoms with Gasteiger partial charge in [0.25, 0.3) is 0 Å². The van der Waals surface area contributed by atoms with Crippen molar-refractivity contribution in [3.05, 3.63) is 127 Å². The number of hydrogen-bond acceptors (Lipinski definition) is 2. The van der Waals surface area contributed by atoms with Gasteiger partial charge in [0, 0.05) is 54.1 Å². The Morgan fingerprint density at radius 2 is 0.595 bits per heavy atom. The zero-order valence-electron chi connectivity index (χ0n) is 41.2. The molecule has 0 aliphatic heterocycles. The fraction of sp³-hybridized carbons (Fsp3) is 0.353. The van der Waals surface area contributed by atoms with Crippen molar-refractivity contribution in [2.24, 2.45) is 0 Å². The highest BCUT2D eigenvalue weighted by Gasteiger charge is 2.44. The van der Waals surface area contributed by atoms with Gasteiger partial charge in [-0.15, -0.1) is 0 Å². The molecule has 0 saturated heterocycles. The number of aromatic nitrogens is 2. The summed E-state index contributed by atoms with van der Waals surface area (Å²) in [6.45, 7) is 17.5. The highest BCUT2D eigenvalue weighted by atomic mass is 14.9. The van der Waals surface area contributed by atoms with Crippen LogP contribution in [0.25, 0.3) is 118 Å². The summed E-state index contributed by atoms with van der Waals surface area (Å²) in [5.41, 5.74) is 21.7. The molecule has 0 unspecified atom stereocenters. The van der Waals surface area contributed by atoms with Crippen LogP contribution >= 0.6 is 0 Å². The van der Waals surface area contributed by atoms with Crippen LogP contribution in [0.15, 0.2) is 48.5 Å². The summed E-state index contributed by atoms with van der Waals surface area (Å²) in [5.74, 6) is 3.38. The fourth-order valence-corrected chi connectivity index (χ4v) is 20.3. The highest BCUT2D eigenvalue weighted by Crippen LogP contribution is 2.64. The van der Waals surface area contributed by atoms with E-state index in [9.17, 15) is 10.5 Å². The molecule has 6 nitrogen and oxygen atoms in total. The third-order valence-corrected chi connectivity index (χ3v) is 22.8. The van der Waals surface area contributed by atoms with E-state index in [1.165, 1.54) is 208 Å². The lowest BCUT2D eigenvalue weighted by atomic mass is 9.64. The van der Waals surface area contributed by atoms with Gasteiger partial charge in [0.2, 0.25) is 0 Å². The summed E-state index contributed by atoms with van der Waals surface area (Å²) in [6, 6.07) is 24.7. The Kier molecular flexibility index (Phi) is 6.64. The SMILES string of the molecule is [C-]#[N+]c1cc2c(c3c1C1CCC3CC1)c1c3ccc4c5c(ccc(c35)c3c5c6c(c([N+]#[C-])cc5n2c13)C1CCC6CC1)c1c2c3c(c(C#N)cc2n2c5cc(C#N)c6c(c5c4c12)C1CCC6CC1)C1CCC3CC1. The maximum atomic E-state index is 11.1. The van der Waals surface area contributed by atoms with E-state index in [-0.39, 0.29) is 0 Å². The van der Waals surface area contributed by atoms with Crippen LogP contribution in [-0.2, 0) is 0 Å². The Balaban J connectivity index is 1.09. The lowest BCUT2D eigenvalue weighted by Crippen LogP contribution is -2.23. The monoisotopic (exact) mass is 948 g/mol. The standard InChI is InChI=1S/C68H48N6/c1-71-43-25-47-65(55-35-15-7-31(8-16-35)51(43)55)61-41-21-19-39-57-40(20-22-42(58(41)57)62-66-48(74(47)68(61)62)26-44(72-2)52-32-9-17-36(18-10-32)56(52)66)60-64-46(24-38(28-70)50-30-5-13-34(14-6-30)54(50)64)73-45-23-37(27-69)49-29-3-11-33(12-4-29)53(49)63(45)59(39)67(60)73/h19-26,29-36H,3-18H2. The number of benzene rings is 8. The second-order valence-electron chi connectivity index (χ2n) is 25.1. The molecule has 4 saturated carbocycles. The van der Waals surface area contributed by atoms with Crippen LogP contribution in [0.4, 0.5) is 11.4 Å². The van der Waals surface area contributed by atoms with Gasteiger partial charge in [0.1, 0.15) is 0 Å². The molecule has 12 aliphatic rings. The molecule has 24 rings (SSSR count). The van der Waals surface area contributed by atoms with Crippen LogP contribution in [0.3, 0.4) is 0 Å². The lowest BCUT2D eigenvalue weighted by molar-refractivity contribution is 0.360. The van der Waals surface area contributed by atoms with Gasteiger partial charge in [-0.1, -0.05) is 24.3 Å². The molecule has 0 amide bonds. The Bertz CT molecular complexity index is 4330. The van der Waals surface area contributed by atoms with Gasteiger partial charge >= 0.3 is 0 Å². The molecule has 12 aromatic rings. The van der Waals surface area contributed by atoms with E-state index < -0.39 is 0 Å². The average molecular weight is 949 g/mol. The summed E-state index contributed by atoms with van der Waals surface area (Å²) >= 11 is 0. The van der Waals surface area contributed by atoms with E-state index in [4.69, 9.17) is 13.1 Å². The van der Waals surface area contributed by atoms with Crippen molar-refractivity contribution < 1.29 is 0 Å². The van der Waals surface area contributed by atoms with Crippen molar-refractivity contribution in [3.63, 3.8) is 0 Å². The highest BCUT2D eigenvalue weighted by molar-refractivity contribution is 6.48. The minimum Gasteiger partial charge on any atom is -0.310 e. The maximum absolute atomic E-state index is 11.1. The first-order valence-corrected chi connectivity index (χ1v) is 28.4. The molecule has 0 N–H and O–H groups in total. The van der Waals surface area contributed by atoms with Gasteiger partial charge in [-0.05, 0) is 251 Å². The second kappa shape index (κ2) is 12.6. The molecule has 12 aliphatic carbocycles. The van der Waals surface area contributed by atoms with Crippen molar-refractivity contribution in [1.29, 1.82) is 10.5 Å². The number of fused-ring (bicyclic) bond motifs is 24. The topological polar surface area (TPSA) is 65.1 Å². The zero-order chi connectivity index (χ0) is 48.0. The van der Waals surface area contributed by atoms with Gasteiger partial charge < -0.3 is 8.80 Å². The first-order valence-electron chi connectivity index (χ1n) is 28.4. The maximum Gasteiger partial charge on any atom is 0.193 e. The molecule has 4 heterocycles. The molecule has 0 radical (unpaired) electrons. The summed E-state index contributed by atoms with van der Waals surface area (Å²) in [6.07, 6.45) is 18.7. The lowest BCUT2D eigenvalue weighted by Gasteiger charge is -2.40. The molecule has 4 aromatic heterocycles. The van der Waals surface area contributed by atoms with Crippen LogP contribution in [0, 0.1) is 35.8 Å². The minimum absolute atomic E-state index is 0.415. The quantitative estimate of drug-likeness (QED) is 0.112. The molecular weight excluding hydrogens is 901 g/mol. The van der Waals surface area contributed by atoms with Gasteiger partial charge in [-0.3, -0.25) is 0 Å². The van der Waals surface area contributed by atoms with Gasteiger partial charge in [0.05, 0.1) is 58.5 Å². The number of rotatable bonds is 0. The first-order chi connectivity index (χ1) is 36.6. The largest absolute Gasteiger partial charge is 0.310 e. The van der Waals surface area contributed by atoms with Gasteiger partial charge in [0.15, 0.2) is 11.4 Å². The molecule has 74 heavy (non-hydrogen) atoms. The normalized spacial score (nSPS) is 26.3. The Morgan fingerprint density at radius 1 is 0.338 bits per heavy atom. The average Bonchev–Trinajstić information content (AvgIpc) is 4.40. The van der Waals surface area contributed by atoms with E-state index in [1.807, 2.05) is 0 Å². The summed E-state index contributed by atoms with van der Waals surface area (Å²) in [5, 5.41) is 41.1. The minimum atomic E-state index is 0.415. The van der Waals surface area contributed by atoms with E-state index in [2.05, 4.69) is 79.2 Å². The molecule has 6 heteroatoms.